The van der Waals surface area contributed by atoms with Gasteiger partial charge in [-0.05, 0) is 12.3 Å². The molecule has 2 rings (SSSR count). The number of rotatable bonds is 3. The maximum absolute atomic E-state index is 12.0. The number of carbonyl (C=O) groups is 1. The molecular formula is C12H19N3O3S2. The summed E-state index contributed by atoms with van der Waals surface area (Å²) in [4.78, 5) is 14.2. The van der Waals surface area contributed by atoms with E-state index in [4.69, 9.17) is 5.73 Å². The lowest BCUT2D eigenvalue weighted by molar-refractivity contribution is 0.0968. The molecule has 0 aliphatic carbocycles. The Morgan fingerprint density at radius 2 is 2.15 bits per heavy atom. The lowest BCUT2D eigenvalue weighted by atomic mass is 10.2. The predicted molar refractivity (Wildman–Crippen MR) is 81.2 cm³/mol. The highest BCUT2D eigenvalue weighted by molar-refractivity contribution is 7.91. The second-order valence-electron chi connectivity index (χ2n) is 5.17. The first-order chi connectivity index (χ1) is 9.25. The van der Waals surface area contributed by atoms with Crippen molar-refractivity contribution in [1.29, 1.82) is 0 Å². The van der Waals surface area contributed by atoms with Crippen molar-refractivity contribution in [3.05, 3.63) is 4.88 Å². The van der Waals surface area contributed by atoms with Crippen molar-refractivity contribution >= 4 is 37.8 Å². The Balaban J connectivity index is 2.58. The molecule has 1 atom stereocenters. The molecule has 1 aromatic heterocycles. The molecule has 1 amide bonds. The molecule has 0 spiro atoms. The largest absolute Gasteiger partial charge is 0.396 e. The third-order valence-electron chi connectivity index (χ3n) is 3.40. The van der Waals surface area contributed by atoms with E-state index >= 15 is 0 Å². The Morgan fingerprint density at radius 1 is 1.50 bits per heavy atom. The van der Waals surface area contributed by atoms with E-state index in [-0.39, 0.29) is 21.4 Å². The summed E-state index contributed by atoms with van der Waals surface area (Å²) in [5.41, 5.74) is 5.97. The summed E-state index contributed by atoms with van der Waals surface area (Å²) in [6.45, 7) is 3.70. The fourth-order valence-corrected chi connectivity index (χ4v) is 5.07. The van der Waals surface area contributed by atoms with Crippen molar-refractivity contribution in [2.24, 2.45) is 5.92 Å². The van der Waals surface area contributed by atoms with Gasteiger partial charge in [0.2, 0.25) is 0 Å². The van der Waals surface area contributed by atoms with Crippen molar-refractivity contribution in [2.75, 3.05) is 37.0 Å². The Labute approximate surface area is 122 Å². The zero-order valence-corrected chi connectivity index (χ0v) is 13.4. The van der Waals surface area contributed by atoms with Gasteiger partial charge in [-0.3, -0.25) is 4.79 Å². The molecule has 6 nitrogen and oxygen atoms in total. The molecule has 1 fully saturated rings. The number of amides is 1. The second kappa shape index (κ2) is 5.25. The summed E-state index contributed by atoms with van der Waals surface area (Å²) in [7, 11) is -1.98. The van der Waals surface area contributed by atoms with Crippen LogP contribution < -0.4 is 16.0 Å². The van der Waals surface area contributed by atoms with Crippen molar-refractivity contribution in [1.82, 2.24) is 5.32 Å². The number of hydrogen-bond acceptors (Lipinski definition) is 6. The number of nitrogens with one attached hydrogen (secondary N) is 1. The topological polar surface area (TPSA) is 92.5 Å². The SMILES string of the molecule is CNC(=O)c1sc(N2CCC(C)C2)c(S(C)(=O)=O)c1N. The number of hydrogen-bond donors (Lipinski definition) is 2. The minimum absolute atomic E-state index is 0.0615. The van der Waals surface area contributed by atoms with Crippen LogP contribution in [0.5, 0.6) is 0 Å². The summed E-state index contributed by atoms with van der Waals surface area (Å²) in [6, 6.07) is 0. The van der Waals surface area contributed by atoms with Gasteiger partial charge in [0, 0.05) is 26.4 Å². The fraction of sp³-hybridized carbons (Fsp3) is 0.583. The summed E-state index contributed by atoms with van der Waals surface area (Å²) in [5, 5.41) is 3.08. The number of anilines is 2. The van der Waals surface area contributed by atoms with Crippen LogP contribution in [0.3, 0.4) is 0 Å². The van der Waals surface area contributed by atoms with E-state index in [0.29, 0.717) is 10.9 Å². The van der Waals surface area contributed by atoms with Gasteiger partial charge < -0.3 is 16.0 Å². The quantitative estimate of drug-likeness (QED) is 0.865. The van der Waals surface area contributed by atoms with Gasteiger partial charge >= 0.3 is 0 Å². The molecule has 1 aliphatic rings. The number of thiophene rings is 1. The van der Waals surface area contributed by atoms with Crippen LogP contribution in [0.25, 0.3) is 0 Å². The third kappa shape index (κ3) is 2.62. The average molecular weight is 317 g/mol. The summed E-state index contributed by atoms with van der Waals surface area (Å²) >= 11 is 1.15. The van der Waals surface area contributed by atoms with Crippen LogP contribution >= 0.6 is 11.3 Å². The molecule has 0 aromatic carbocycles. The van der Waals surface area contributed by atoms with Crippen LogP contribution in [0, 0.1) is 5.92 Å². The van der Waals surface area contributed by atoms with Crippen LogP contribution in [0.2, 0.25) is 0 Å². The zero-order valence-electron chi connectivity index (χ0n) is 11.8. The summed E-state index contributed by atoms with van der Waals surface area (Å²) in [5.74, 6) is 0.157. The first-order valence-corrected chi connectivity index (χ1v) is 9.05. The van der Waals surface area contributed by atoms with Crippen molar-refractivity contribution < 1.29 is 13.2 Å². The van der Waals surface area contributed by atoms with E-state index in [1.165, 1.54) is 7.05 Å². The Hall–Kier alpha value is -1.28. The Kier molecular flexibility index (Phi) is 3.97. The highest BCUT2D eigenvalue weighted by atomic mass is 32.2. The van der Waals surface area contributed by atoms with Gasteiger partial charge in [-0.2, -0.15) is 0 Å². The highest BCUT2D eigenvalue weighted by Crippen LogP contribution is 2.43. The summed E-state index contributed by atoms with van der Waals surface area (Å²) in [6.07, 6.45) is 2.14. The van der Waals surface area contributed by atoms with Crippen molar-refractivity contribution in [2.45, 2.75) is 18.2 Å². The van der Waals surface area contributed by atoms with Crippen LogP contribution in [-0.2, 0) is 9.84 Å². The van der Waals surface area contributed by atoms with E-state index < -0.39 is 9.84 Å². The Morgan fingerprint density at radius 3 is 2.60 bits per heavy atom. The molecular weight excluding hydrogens is 298 g/mol. The highest BCUT2D eigenvalue weighted by Gasteiger charge is 2.31. The number of sulfone groups is 1. The maximum atomic E-state index is 12.0. The molecule has 20 heavy (non-hydrogen) atoms. The zero-order chi connectivity index (χ0) is 15.1. The van der Waals surface area contributed by atoms with Crippen LogP contribution in [0.1, 0.15) is 23.0 Å². The number of carbonyl (C=O) groups excluding carboxylic acids is 1. The fourth-order valence-electron chi connectivity index (χ4n) is 2.38. The van der Waals surface area contributed by atoms with E-state index in [9.17, 15) is 13.2 Å². The van der Waals surface area contributed by atoms with Gasteiger partial charge in [0.15, 0.2) is 9.84 Å². The monoisotopic (exact) mass is 317 g/mol. The van der Waals surface area contributed by atoms with Crippen LogP contribution in [0.15, 0.2) is 4.90 Å². The van der Waals surface area contributed by atoms with Gasteiger partial charge in [-0.15, -0.1) is 11.3 Å². The molecule has 2 heterocycles. The smallest absolute Gasteiger partial charge is 0.263 e. The van der Waals surface area contributed by atoms with Gasteiger partial charge in [-0.25, -0.2) is 8.42 Å². The normalized spacial score (nSPS) is 19.4. The van der Waals surface area contributed by atoms with E-state index in [1.54, 1.807) is 0 Å². The first kappa shape index (κ1) is 15.1. The molecule has 3 N–H and O–H groups in total. The molecule has 112 valence electrons. The molecule has 1 unspecified atom stereocenters. The van der Waals surface area contributed by atoms with Gasteiger partial charge in [-0.1, -0.05) is 6.92 Å². The van der Waals surface area contributed by atoms with Crippen LogP contribution in [0.4, 0.5) is 10.7 Å². The van der Waals surface area contributed by atoms with Crippen molar-refractivity contribution in [3.63, 3.8) is 0 Å². The van der Waals surface area contributed by atoms with E-state index in [0.717, 1.165) is 37.1 Å². The minimum atomic E-state index is -3.48. The van der Waals surface area contributed by atoms with Gasteiger partial charge in [0.25, 0.3) is 5.91 Å². The van der Waals surface area contributed by atoms with Crippen LogP contribution in [-0.4, -0.2) is 40.7 Å². The number of nitrogens with two attached hydrogens (primary N) is 1. The first-order valence-electron chi connectivity index (χ1n) is 6.35. The van der Waals surface area contributed by atoms with Crippen molar-refractivity contribution in [3.8, 4) is 0 Å². The second-order valence-corrected chi connectivity index (χ2v) is 8.12. The predicted octanol–water partition coefficient (Wildman–Crippen LogP) is 0.940. The maximum Gasteiger partial charge on any atom is 0.263 e. The summed E-state index contributed by atoms with van der Waals surface area (Å²) < 4.78 is 24.0. The molecule has 1 aromatic rings. The molecule has 0 saturated carbocycles. The standard InChI is InChI=1S/C12H19N3O3S2/c1-7-4-5-15(6-7)12-10(20(3,17)18)8(13)9(19-12)11(16)14-2/h7H,4-6,13H2,1-3H3,(H,14,16). The third-order valence-corrected chi connectivity index (χ3v) is 5.95. The van der Waals surface area contributed by atoms with Gasteiger partial charge in [0.1, 0.15) is 14.8 Å². The van der Waals surface area contributed by atoms with Gasteiger partial charge in [0.05, 0.1) is 5.69 Å². The molecule has 1 saturated heterocycles. The lowest BCUT2D eigenvalue weighted by Crippen LogP contribution is -2.20. The lowest BCUT2D eigenvalue weighted by Gasteiger charge is -2.17. The molecule has 0 bridgehead atoms. The van der Waals surface area contributed by atoms with E-state index in [1.807, 2.05) is 4.90 Å². The minimum Gasteiger partial charge on any atom is -0.396 e. The van der Waals surface area contributed by atoms with E-state index in [2.05, 4.69) is 12.2 Å². The molecule has 1 aliphatic heterocycles. The number of nitrogen functional groups attached to an aromatic ring is 1. The number of nitrogens with zero attached hydrogens (tertiary/aromatic N) is 1. The molecule has 8 heteroatoms. The molecule has 0 radical (unpaired) electrons. The average Bonchev–Trinajstić information content (AvgIpc) is 2.91. The Bertz CT molecular complexity index is 637.